The van der Waals surface area contributed by atoms with Crippen molar-refractivity contribution in [1.29, 1.82) is 0 Å². The second-order valence-corrected chi connectivity index (χ2v) is 9.99. The first-order chi connectivity index (χ1) is 21.0. The molecule has 4 aromatic heterocycles. The fraction of sp³-hybridized carbons (Fsp3) is 0.0606. The van der Waals surface area contributed by atoms with E-state index in [0.29, 0.717) is 33.6 Å². The molecule has 10 nitrogen and oxygen atoms in total. The average molecular weight is 565 g/mol. The molecule has 10 heteroatoms. The normalized spacial score (nSPS) is 11.8. The zero-order chi connectivity index (χ0) is 29.5. The summed E-state index contributed by atoms with van der Waals surface area (Å²) in [4.78, 5) is 40.1. The number of hydrogen-bond acceptors (Lipinski definition) is 6. The van der Waals surface area contributed by atoms with Gasteiger partial charge in [0.1, 0.15) is 11.4 Å². The van der Waals surface area contributed by atoms with Crippen LogP contribution in [0, 0.1) is 11.8 Å². The van der Waals surface area contributed by atoms with Crippen molar-refractivity contribution in [3.63, 3.8) is 0 Å². The number of fused-ring (bicyclic) bond motifs is 3. The first-order valence-electron chi connectivity index (χ1n) is 13.6. The third-order valence-electron chi connectivity index (χ3n) is 7.24. The largest absolute Gasteiger partial charge is 0.381 e. The lowest BCUT2D eigenvalue weighted by Crippen LogP contribution is -2.33. The second-order valence-electron chi connectivity index (χ2n) is 9.99. The summed E-state index contributed by atoms with van der Waals surface area (Å²) in [5, 5.41) is 8.51. The number of carbonyl (C=O) groups excluding carboxylic acids is 1. The highest BCUT2D eigenvalue weighted by Gasteiger charge is 2.24. The number of nitrogens with zero attached hydrogens (tertiary/aromatic N) is 5. The van der Waals surface area contributed by atoms with Crippen molar-refractivity contribution in [2.75, 3.05) is 5.73 Å². The van der Waals surface area contributed by atoms with E-state index in [0.717, 1.165) is 16.5 Å². The maximum atomic E-state index is 14.3. The topological polar surface area (TPSA) is 136 Å². The van der Waals surface area contributed by atoms with E-state index in [1.54, 1.807) is 31.5 Å². The Bertz CT molecular complexity index is 2300. The first kappa shape index (κ1) is 25.7. The molecule has 3 aromatic carbocycles. The van der Waals surface area contributed by atoms with E-state index in [1.807, 2.05) is 72.9 Å². The van der Waals surface area contributed by atoms with Gasteiger partial charge >= 0.3 is 0 Å². The number of nitrogens with two attached hydrogens (primary N) is 1. The standard InChI is InChI=1S/C33H24N8O2/c1-20(37-32(42)28-29(34)39-40-18-8-17-35-31(28)40)30-38-26-14-7-9-21(15-16-22-19-36-25-13-6-5-12-24(22)25)27(26)33(43)41(30)23-10-3-2-4-11-23/h2-14,17-20,36H,1H3,(H2,34,39)(H,37,42)/t20-/m0/s1. The number of nitrogens with one attached hydrogen (secondary N) is 2. The number of hydrogen-bond donors (Lipinski definition) is 3. The van der Waals surface area contributed by atoms with E-state index in [9.17, 15) is 9.59 Å². The molecule has 0 aliphatic heterocycles. The van der Waals surface area contributed by atoms with E-state index < -0.39 is 11.9 Å². The average Bonchev–Trinajstić information content (AvgIpc) is 3.60. The van der Waals surface area contributed by atoms with Gasteiger partial charge in [-0.25, -0.2) is 14.5 Å². The quantitative estimate of drug-likeness (QED) is 0.272. The molecular formula is C33H24N8O2. The van der Waals surface area contributed by atoms with Gasteiger partial charge in [-0.3, -0.25) is 14.2 Å². The SMILES string of the molecule is C[C@H](NC(=O)c1c(N)nn2cccnc12)c1nc2cccc(C#Cc3c[nH]c4ccccc34)c2c(=O)n1-c1ccccc1. The van der Waals surface area contributed by atoms with Crippen molar-refractivity contribution in [3.8, 4) is 17.5 Å². The fourth-order valence-corrected chi connectivity index (χ4v) is 5.23. The van der Waals surface area contributed by atoms with Crippen LogP contribution >= 0.6 is 0 Å². The molecule has 208 valence electrons. The highest BCUT2D eigenvalue weighted by molar-refractivity contribution is 6.04. The fourth-order valence-electron chi connectivity index (χ4n) is 5.23. The van der Waals surface area contributed by atoms with Gasteiger partial charge in [-0.2, -0.15) is 0 Å². The van der Waals surface area contributed by atoms with Gasteiger partial charge in [0, 0.05) is 35.1 Å². The van der Waals surface area contributed by atoms with Crippen molar-refractivity contribution in [1.82, 2.24) is 34.4 Å². The molecule has 0 bridgehead atoms. The van der Waals surface area contributed by atoms with Crippen LogP contribution in [0.2, 0.25) is 0 Å². The van der Waals surface area contributed by atoms with Crippen molar-refractivity contribution < 1.29 is 4.79 Å². The van der Waals surface area contributed by atoms with Crippen molar-refractivity contribution in [3.05, 3.63) is 130 Å². The molecule has 0 radical (unpaired) electrons. The Hall–Kier alpha value is -6.21. The number of carbonyl (C=O) groups is 1. The minimum absolute atomic E-state index is 0.0498. The number of H-pyrrole nitrogens is 1. The molecule has 0 spiro atoms. The number of anilines is 1. The van der Waals surface area contributed by atoms with Crippen LogP contribution in [0.1, 0.15) is 40.3 Å². The number of aromatic nitrogens is 6. The van der Waals surface area contributed by atoms with Crippen molar-refractivity contribution in [2.24, 2.45) is 0 Å². The number of rotatable bonds is 4. The molecular weight excluding hydrogens is 540 g/mol. The third kappa shape index (κ3) is 4.45. The maximum absolute atomic E-state index is 14.3. The lowest BCUT2D eigenvalue weighted by Gasteiger charge is -2.20. The predicted molar refractivity (Wildman–Crippen MR) is 165 cm³/mol. The van der Waals surface area contributed by atoms with Gasteiger partial charge in [0.25, 0.3) is 11.5 Å². The summed E-state index contributed by atoms with van der Waals surface area (Å²) in [5.74, 6) is 6.34. The monoisotopic (exact) mass is 564 g/mol. The van der Waals surface area contributed by atoms with E-state index in [2.05, 4.69) is 32.2 Å². The van der Waals surface area contributed by atoms with Crippen LogP contribution in [0.15, 0.2) is 102 Å². The van der Waals surface area contributed by atoms with Crippen LogP contribution in [0.25, 0.3) is 33.1 Å². The van der Waals surface area contributed by atoms with E-state index in [4.69, 9.17) is 10.7 Å². The molecule has 0 unspecified atom stereocenters. The van der Waals surface area contributed by atoms with Crippen molar-refractivity contribution >= 4 is 39.2 Å². The Balaban J connectivity index is 1.35. The summed E-state index contributed by atoms with van der Waals surface area (Å²) in [7, 11) is 0. The van der Waals surface area contributed by atoms with Gasteiger partial charge in [0.05, 0.1) is 28.2 Å². The molecule has 7 aromatic rings. The lowest BCUT2D eigenvalue weighted by molar-refractivity contribution is 0.0940. The van der Waals surface area contributed by atoms with Crippen LogP contribution in [-0.4, -0.2) is 35.0 Å². The zero-order valence-electron chi connectivity index (χ0n) is 22.9. The maximum Gasteiger partial charge on any atom is 0.267 e. The number of benzene rings is 3. The summed E-state index contributed by atoms with van der Waals surface area (Å²) in [5.41, 5.74) is 9.71. The van der Waals surface area contributed by atoms with E-state index in [-0.39, 0.29) is 16.9 Å². The smallest absolute Gasteiger partial charge is 0.267 e. The Labute approximate surface area is 244 Å². The molecule has 0 aliphatic carbocycles. The highest BCUT2D eigenvalue weighted by atomic mass is 16.2. The number of aromatic amines is 1. The second kappa shape index (κ2) is 10.3. The molecule has 43 heavy (non-hydrogen) atoms. The molecule has 0 aliphatic rings. The van der Waals surface area contributed by atoms with Gasteiger partial charge < -0.3 is 16.0 Å². The molecule has 0 saturated carbocycles. The van der Waals surface area contributed by atoms with Crippen LogP contribution in [-0.2, 0) is 0 Å². The van der Waals surface area contributed by atoms with E-state index in [1.165, 1.54) is 9.08 Å². The van der Waals surface area contributed by atoms with Crippen LogP contribution in [0.3, 0.4) is 0 Å². The summed E-state index contributed by atoms with van der Waals surface area (Å²) >= 11 is 0. The Kier molecular flexibility index (Phi) is 6.18. The number of amides is 1. The number of nitrogen functional groups attached to an aromatic ring is 1. The minimum atomic E-state index is -0.691. The van der Waals surface area contributed by atoms with Gasteiger partial charge in [0.2, 0.25) is 0 Å². The van der Waals surface area contributed by atoms with Gasteiger partial charge in [0.15, 0.2) is 11.5 Å². The van der Waals surface area contributed by atoms with E-state index >= 15 is 0 Å². The van der Waals surface area contributed by atoms with Crippen molar-refractivity contribution in [2.45, 2.75) is 13.0 Å². The Morgan fingerprint density at radius 3 is 2.63 bits per heavy atom. The van der Waals surface area contributed by atoms with Gasteiger partial charge in [-0.05, 0) is 43.3 Å². The van der Waals surface area contributed by atoms with Crippen LogP contribution in [0.4, 0.5) is 5.82 Å². The number of para-hydroxylation sites is 2. The predicted octanol–water partition coefficient (Wildman–Crippen LogP) is 4.38. The minimum Gasteiger partial charge on any atom is -0.381 e. The molecule has 0 saturated heterocycles. The van der Waals surface area contributed by atoms with Gasteiger partial charge in [-0.1, -0.05) is 54.3 Å². The van der Waals surface area contributed by atoms with Crippen LogP contribution in [0.5, 0.6) is 0 Å². The highest BCUT2D eigenvalue weighted by Crippen LogP contribution is 2.23. The summed E-state index contributed by atoms with van der Waals surface area (Å²) in [6.07, 6.45) is 5.08. The zero-order valence-corrected chi connectivity index (χ0v) is 22.9. The molecule has 7 rings (SSSR count). The third-order valence-corrected chi connectivity index (χ3v) is 7.24. The summed E-state index contributed by atoms with van der Waals surface area (Å²) in [6, 6.07) is 23.5. The Morgan fingerprint density at radius 2 is 1.77 bits per heavy atom. The van der Waals surface area contributed by atoms with Crippen LogP contribution < -0.4 is 16.6 Å². The molecule has 1 amide bonds. The summed E-state index contributed by atoms with van der Waals surface area (Å²) < 4.78 is 2.96. The summed E-state index contributed by atoms with van der Waals surface area (Å²) in [6.45, 7) is 1.76. The Morgan fingerprint density at radius 1 is 0.977 bits per heavy atom. The molecule has 0 fully saturated rings. The molecule has 4 heterocycles. The van der Waals surface area contributed by atoms with Gasteiger partial charge in [-0.15, -0.1) is 5.10 Å². The molecule has 1 atom stereocenters. The lowest BCUT2D eigenvalue weighted by atomic mass is 10.1. The molecule has 4 N–H and O–H groups in total. The first-order valence-corrected chi connectivity index (χ1v) is 13.6.